The molecule has 1 aromatic rings. The van der Waals surface area contributed by atoms with Crippen molar-refractivity contribution >= 4 is 11.4 Å². The second-order valence-corrected chi connectivity index (χ2v) is 4.46. The first-order valence-electron chi connectivity index (χ1n) is 5.94. The molecule has 1 aliphatic rings. The Labute approximate surface area is 105 Å². The number of ether oxygens (including phenoxy) is 1. The molecule has 1 fully saturated rings. The van der Waals surface area contributed by atoms with Gasteiger partial charge in [-0.25, -0.2) is 0 Å². The lowest BCUT2D eigenvalue weighted by Gasteiger charge is -2.17. The van der Waals surface area contributed by atoms with Crippen LogP contribution in [-0.4, -0.2) is 24.6 Å². The summed E-state index contributed by atoms with van der Waals surface area (Å²) < 4.78 is 4.99. The first-order valence-corrected chi connectivity index (χ1v) is 5.94. The summed E-state index contributed by atoms with van der Waals surface area (Å²) in [7, 11) is 1.49. The van der Waals surface area contributed by atoms with Gasteiger partial charge in [-0.3, -0.25) is 10.1 Å². The number of benzene rings is 1. The van der Waals surface area contributed by atoms with E-state index in [0.717, 1.165) is 12.8 Å². The maximum absolute atomic E-state index is 11.0. The van der Waals surface area contributed by atoms with Gasteiger partial charge in [-0.2, -0.15) is 0 Å². The van der Waals surface area contributed by atoms with Gasteiger partial charge in [-0.15, -0.1) is 0 Å². The molecule has 0 aromatic heterocycles. The zero-order chi connectivity index (χ0) is 13.1. The Bertz CT molecular complexity index is 446. The molecule has 0 amide bonds. The van der Waals surface area contributed by atoms with Crippen molar-refractivity contribution in [3.8, 4) is 5.75 Å². The number of hydrogen-bond donors (Lipinski definition) is 2. The van der Waals surface area contributed by atoms with E-state index in [0.29, 0.717) is 23.9 Å². The Hall–Kier alpha value is -1.82. The topological polar surface area (TPSA) is 90.4 Å². The first kappa shape index (κ1) is 12.6. The monoisotopic (exact) mass is 251 g/mol. The van der Waals surface area contributed by atoms with Crippen molar-refractivity contribution in [3.63, 3.8) is 0 Å². The molecule has 1 aromatic carbocycles. The number of anilines is 1. The number of nitro groups is 1. The van der Waals surface area contributed by atoms with Crippen LogP contribution in [0.3, 0.4) is 0 Å². The minimum Gasteiger partial charge on any atom is -0.496 e. The molecular weight excluding hydrogens is 234 g/mol. The van der Waals surface area contributed by atoms with E-state index in [4.69, 9.17) is 10.5 Å². The Kier molecular flexibility index (Phi) is 3.66. The quantitative estimate of drug-likeness (QED) is 0.593. The van der Waals surface area contributed by atoms with Crippen LogP contribution >= 0.6 is 0 Å². The van der Waals surface area contributed by atoms with Crippen LogP contribution in [0.4, 0.5) is 11.4 Å². The summed E-state index contributed by atoms with van der Waals surface area (Å²) in [5, 5.41) is 14.2. The molecule has 6 heteroatoms. The van der Waals surface area contributed by atoms with Gasteiger partial charge in [-0.05, 0) is 30.9 Å². The Morgan fingerprint density at radius 3 is 2.83 bits per heavy atom. The van der Waals surface area contributed by atoms with Crippen molar-refractivity contribution in [2.24, 2.45) is 11.7 Å². The fourth-order valence-electron chi connectivity index (χ4n) is 1.98. The van der Waals surface area contributed by atoms with Crippen molar-refractivity contribution < 1.29 is 9.66 Å². The van der Waals surface area contributed by atoms with Crippen LogP contribution in [0.15, 0.2) is 18.2 Å². The lowest BCUT2D eigenvalue weighted by Crippen LogP contribution is -2.31. The minimum absolute atomic E-state index is 0.0217. The molecule has 18 heavy (non-hydrogen) atoms. The summed E-state index contributed by atoms with van der Waals surface area (Å²) in [5.74, 6) is 1.01. The SMILES string of the molecule is COc1ccc(NC(CN)C2CC2)c([N+](=O)[O-])c1. The van der Waals surface area contributed by atoms with E-state index in [9.17, 15) is 10.1 Å². The smallest absolute Gasteiger partial charge is 0.296 e. The molecule has 0 radical (unpaired) electrons. The van der Waals surface area contributed by atoms with Gasteiger partial charge in [0.15, 0.2) is 0 Å². The highest BCUT2D eigenvalue weighted by Crippen LogP contribution is 2.36. The van der Waals surface area contributed by atoms with Crippen molar-refractivity contribution in [1.82, 2.24) is 0 Å². The molecule has 0 aliphatic heterocycles. The molecule has 0 bridgehead atoms. The lowest BCUT2D eigenvalue weighted by atomic mass is 10.1. The number of rotatable bonds is 6. The van der Waals surface area contributed by atoms with E-state index in [1.807, 2.05) is 0 Å². The van der Waals surface area contributed by atoms with Gasteiger partial charge in [-0.1, -0.05) is 0 Å². The second-order valence-electron chi connectivity index (χ2n) is 4.46. The number of nitrogens with two attached hydrogens (primary N) is 1. The zero-order valence-electron chi connectivity index (χ0n) is 10.3. The van der Waals surface area contributed by atoms with Crippen LogP contribution in [0.2, 0.25) is 0 Å². The van der Waals surface area contributed by atoms with Crippen molar-refractivity contribution in [1.29, 1.82) is 0 Å². The highest BCUT2D eigenvalue weighted by atomic mass is 16.6. The maximum atomic E-state index is 11.0. The highest BCUT2D eigenvalue weighted by molar-refractivity contribution is 5.64. The van der Waals surface area contributed by atoms with Crippen LogP contribution in [0.25, 0.3) is 0 Å². The average molecular weight is 251 g/mol. The predicted octanol–water partition coefficient (Wildman–Crippen LogP) is 1.75. The molecule has 1 aliphatic carbocycles. The summed E-state index contributed by atoms with van der Waals surface area (Å²) in [6, 6.07) is 4.90. The minimum atomic E-state index is -0.411. The lowest BCUT2D eigenvalue weighted by molar-refractivity contribution is -0.384. The van der Waals surface area contributed by atoms with Gasteiger partial charge >= 0.3 is 0 Å². The Morgan fingerprint density at radius 2 is 2.33 bits per heavy atom. The summed E-state index contributed by atoms with van der Waals surface area (Å²) >= 11 is 0. The molecule has 3 N–H and O–H groups in total. The molecule has 1 saturated carbocycles. The van der Waals surface area contributed by atoms with Crippen LogP contribution in [0, 0.1) is 16.0 Å². The van der Waals surface area contributed by atoms with Crippen molar-refractivity contribution in [2.75, 3.05) is 19.0 Å². The van der Waals surface area contributed by atoms with Crippen LogP contribution < -0.4 is 15.8 Å². The standard InChI is InChI=1S/C12H17N3O3/c1-18-9-4-5-10(12(6-9)15(16)17)14-11(7-13)8-2-3-8/h4-6,8,11,14H,2-3,7,13H2,1H3. The number of hydrogen-bond acceptors (Lipinski definition) is 5. The van der Waals surface area contributed by atoms with E-state index in [-0.39, 0.29) is 11.7 Å². The van der Waals surface area contributed by atoms with Crippen LogP contribution in [0.5, 0.6) is 5.75 Å². The predicted molar refractivity (Wildman–Crippen MR) is 68.8 cm³/mol. The summed E-state index contributed by atoms with van der Waals surface area (Å²) in [6.07, 6.45) is 2.28. The first-order chi connectivity index (χ1) is 8.65. The number of methoxy groups -OCH3 is 1. The highest BCUT2D eigenvalue weighted by Gasteiger charge is 2.31. The average Bonchev–Trinajstić information content (AvgIpc) is 3.20. The third-order valence-corrected chi connectivity index (χ3v) is 3.19. The normalized spacial score (nSPS) is 16.1. The summed E-state index contributed by atoms with van der Waals surface area (Å²) in [4.78, 5) is 10.6. The number of nitro benzene ring substituents is 1. The molecular formula is C12H17N3O3. The Balaban J connectivity index is 2.22. The van der Waals surface area contributed by atoms with Gasteiger partial charge in [0.2, 0.25) is 0 Å². The van der Waals surface area contributed by atoms with Gasteiger partial charge in [0.05, 0.1) is 18.1 Å². The van der Waals surface area contributed by atoms with E-state index in [2.05, 4.69) is 5.32 Å². The molecule has 6 nitrogen and oxygen atoms in total. The van der Waals surface area contributed by atoms with Crippen molar-refractivity contribution in [2.45, 2.75) is 18.9 Å². The fourth-order valence-corrected chi connectivity index (χ4v) is 1.98. The molecule has 1 atom stereocenters. The molecule has 0 heterocycles. The number of nitrogens with zero attached hydrogens (tertiary/aromatic N) is 1. The fraction of sp³-hybridized carbons (Fsp3) is 0.500. The van der Waals surface area contributed by atoms with Crippen LogP contribution in [-0.2, 0) is 0 Å². The number of nitrogens with one attached hydrogen (secondary N) is 1. The van der Waals surface area contributed by atoms with E-state index in [1.54, 1.807) is 12.1 Å². The third kappa shape index (κ3) is 2.70. The molecule has 0 spiro atoms. The molecule has 0 saturated heterocycles. The van der Waals surface area contributed by atoms with Gasteiger partial charge in [0.25, 0.3) is 5.69 Å². The molecule has 98 valence electrons. The van der Waals surface area contributed by atoms with Gasteiger partial charge in [0.1, 0.15) is 11.4 Å². The summed E-state index contributed by atoms with van der Waals surface area (Å²) in [5.41, 5.74) is 6.21. The summed E-state index contributed by atoms with van der Waals surface area (Å²) in [6.45, 7) is 0.480. The second kappa shape index (κ2) is 5.22. The largest absolute Gasteiger partial charge is 0.496 e. The van der Waals surface area contributed by atoms with Crippen LogP contribution in [0.1, 0.15) is 12.8 Å². The molecule has 1 unspecified atom stereocenters. The Morgan fingerprint density at radius 1 is 1.61 bits per heavy atom. The molecule has 2 rings (SSSR count). The van der Waals surface area contributed by atoms with Gasteiger partial charge < -0.3 is 15.8 Å². The van der Waals surface area contributed by atoms with Gasteiger partial charge in [0, 0.05) is 12.6 Å². The third-order valence-electron chi connectivity index (χ3n) is 3.19. The zero-order valence-corrected chi connectivity index (χ0v) is 10.3. The van der Waals surface area contributed by atoms with E-state index >= 15 is 0 Å². The van der Waals surface area contributed by atoms with Crippen molar-refractivity contribution in [3.05, 3.63) is 28.3 Å². The maximum Gasteiger partial charge on any atom is 0.296 e. The van der Waals surface area contributed by atoms with E-state index in [1.165, 1.54) is 13.2 Å². The van der Waals surface area contributed by atoms with E-state index < -0.39 is 4.92 Å².